The molecule has 0 saturated carbocycles. The highest BCUT2D eigenvalue weighted by Gasteiger charge is 2.21. The number of rotatable bonds is 8. The molecule has 0 atom stereocenters. The smallest absolute Gasteiger partial charge is 0.243 e. The summed E-state index contributed by atoms with van der Waals surface area (Å²) in [5, 5.41) is 5.67. The van der Waals surface area contributed by atoms with Gasteiger partial charge in [-0.25, -0.2) is 21.8 Å². The Hall–Kier alpha value is -2.27. The van der Waals surface area contributed by atoms with Crippen molar-refractivity contribution in [3.63, 3.8) is 0 Å². The lowest BCUT2D eigenvalue weighted by Crippen LogP contribution is -2.30. The zero-order chi connectivity index (χ0) is 21.9. The first-order valence-corrected chi connectivity index (χ1v) is 13.5. The van der Waals surface area contributed by atoms with Crippen LogP contribution >= 0.6 is 11.3 Å². The van der Waals surface area contributed by atoms with E-state index in [0.717, 1.165) is 16.9 Å². The molecular weight excluding hydrogens is 442 g/mol. The third kappa shape index (κ3) is 4.89. The Labute approximate surface area is 181 Å². The second-order valence-electron chi connectivity index (χ2n) is 6.57. The molecule has 3 rings (SSSR count). The molecular formula is C20H23N3O4S3. The van der Waals surface area contributed by atoms with E-state index in [4.69, 9.17) is 0 Å². The van der Waals surface area contributed by atoms with Gasteiger partial charge >= 0.3 is 0 Å². The Morgan fingerprint density at radius 3 is 2.00 bits per heavy atom. The van der Waals surface area contributed by atoms with E-state index in [1.165, 1.54) is 21.9 Å². The average Bonchev–Trinajstić information content (AvgIpc) is 3.17. The van der Waals surface area contributed by atoms with Crippen LogP contribution < -0.4 is 5.32 Å². The molecule has 1 heterocycles. The van der Waals surface area contributed by atoms with Crippen LogP contribution in [-0.4, -0.2) is 45.5 Å². The van der Waals surface area contributed by atoms with E-state index in [0.29, 0.717) is 18.2 Å². The summed E-state index contributed by atoms with van der Waals surface area (Å²) >= 11 is 1.40. The maximum absolute atomic E-state index is 12.6. The SMILES string of the molecule is CCN(CC)S(=O)(=O)c1ccc(-c2csc(Nc3ccc(S(C)(=O)=O)cc3)n2)cc1. The lowest BCUT2D eigenvalue weighted by Gasteiger charge is -2.18. The van der Waals surface area contributed by atoms with Gasteiger partial charge in [-0.1, -0.05) is 26.0 Å². The monoisotopic (exact) mass is 465 g/mol. The molecule has 0 unspecified atom stereocenters. The fraction of sp³-hybridized carbons (Fsp3) is 0.250. The lowest BCUT2D eigenvalue weighted by molar-refractivity contribution is 0.445. The van der Waals surface area contributed by atoms with Gasteiger partial charge in [0, 0.05) is 36.0 Å². The number of anilines is 2. The summed E-state index contributed by atoms with van der Waals surface area (Å²) in [6, 6.07) is 13.1. The van der Waals surface area contributed by atoms with Crippen LogP contribution in [0, 0.1) is 0 Å². The zero-order valence-electron chi connectivity index (χ0n) is 16.9. The number of nitrogens with one attached hydrogen (secondary N) is 1. The van der Waals surface area contributed by atoms with Gasteiger partial charge < -0.3 is 5.32 Å². The summed E-state index contributed by atoms with van der Waals surface area (Å²) < 4.78 is 49.7. The van der Waals surface area contributed by atoms with Crippen molar-refractivity contribution >= 4 is 42.0 Å². The molecule has 0 fully saturated rings. The second kappa shape index (κ2) is 8.84. The topological polar surface area (TPSA) is 96.4 Å². The van der Waals surface area contributed by atoms with Crippen molar-refractivity contribution in [3.8, 4) is 11.3 Å². The van der Waals surface area contributed by atoms with Gasteiger partial charge in [-0.2, -0.15) is 4.31 Å². The van der Waals surface area contributed by atoms with Crippen LogP contribution in [0.4, 0.5) is 10.8 Å². The number of sulfone groups is 1. The number of aromatic nitrogens is 1. The fourth-order valence-electron chi connectivity index (χ4n) is 2.88. The lowest BCUT2D eigenvalue weighted by atomic mass is 10.2. The Morgan fingerprint density at radius 1 is 0.900 bits per heavy atom. The van der Waals surface area contributed by atoms with E-state index in [1.54, 1.807) is 48.5 Å². The number of thiazole rings is 1. The van der Waals surface area contributed by atoms with Crippen molar-refractivity contribution in [2.75, 3.05) is 24.7 Å². The summed E-state index contributed by atoms with van der Waals surface area (Å²) in [7, 11) is -6.72. The normalized spacial score (nSPS) is 12.3. The predicted octanol–water partition coefficient (Wildman–Crippen LogP) is 3.99. The van der Waals surface area contributed by atoms with Gasteiger partial charge in [0.05, 0.1) is 15.5 Å². The molecule has 2 aromatic carbocycles. The number of hydrogen-bond acceptors (Lipinski definition) is 7. The third-order valence-electron chi connectivity index (χ3n) is 4.53. The largest absolute Gasteiger partial charge is 0.332 e. The van der Waals surface area contributed by atoms with Gasteiger partial charge in [-0.15, -0.1) is 11.3 Å². The van der Waals surface area contributed by atoms with Crippen LogP contribution in [-0.2, 0) is 19.9 Å². The Balaban J connectivity index is 1.76. The maximum Gasteiger partial charge on any atom is 0.243 e. The van der Waals surface area contributed by atoms with Gasteiger partial charge in [-0.3, -0.25) is 0 Å². The van der Waals surface area contributed by atoms with E-state index in [9.17, 15) is 16.8 Å². The van der Waals surface area contributed by atoms with E-state index in [2.05, 4.69) is 10.3 Å². The molecule has 3 aromatic rings. The van der Waals surface area contributed by atoms with Gasteiger partial charge in [0.15, 0.2) is 15.0 Å². The molecule has 10 heteroatoms. The summed E-state index contributed by atoms with van der Waals surface area (Å²) in [4.78, 5) is 5.05. The molecule has 0 amide bonds. The number of benzene rings is 2. The molecule has 0 radical (unpaired) electrons. The van der Waals surface area contributed by atoms with E-state index in [1.807, 2.05) is 19.2 Å². The second-order valence-corrected chi connectivity index (χ2v) is 11.4. The van der Waals surface area contributed by atoms with Crippen molar-refractivity contribution in [2.45, 2.75) is 23.6 Å². The standard InChI is InChI=1S/C20H23N3O4S3/c1-4-23(5-2)30(26,27)18-10-6-15(7-11-18)19-14-28-20(22-19)21-16-8-12-17(13-9-16)29(3,24)25/h6-14H,4-5H2,1-3H3,(H,21,22). The minimum atomic E-state index is -3.49. The fourth-order valence-corrected chi connectivity index (χ4v) is 5.71. The predicted molar refractivity (Wildman–Crippen MR) is 120 cm³/mol. The number of nitrogens with zero attached hydrogens (tertiary/aromatic N) is 2. The van der Waals surface area contributed by atoms with E-state index >= 15 is 0 Å². The Kier molecular flexibility index (Phi) is 6.61. The first-order valence-electron chi connectivity index (χ1n) is 9.28. The van der Waals surface area contributed by atoms with Crippen molar-refractivity contribution in [3.05, 3.63) is 53.9 Å². The maximum atomic E-state index is 12.6. The first-order chi connectivity index (χ1) is 14.1. The van der Waals surface area contributed by atoms with Crippen LogP contribution in [0.1, 0.15) is 13.8 Å². The number of sulfonamides is 1. The highest BCUT2D eigenvalue weighted by molar-refractivity contribution is 7.90. The molecule has 0 aliphatic rings. The van der Waals surface area contributed by atoms with Crippen LogP contribution in [0.25, 0.3) is 11.3 Å². The van der Waals surface area contributed by atoms with Gasteiger partial charge in [-0.05, 0) is 36.4 Å². The van der Waals surface area contributed by atoms with Crippen LogP contribution in [0.15, 0.2) is 63.7 Å². The van der Waals surface area contributed by atoms with Crippen LogP contribution in [0.2, 0.25) is 0 Å². The molecule has 7 nitrogen and oxygen atoms in total. The van der Waals surface area contributed by atoms with Crippen molar-refractivity contribution < 1.29 is 16.8 Å². The average molecular weight is 466 g/mol. The molecule has 160 valence electrons. The molecule has 0 aliphatic heterocycles. The summed E-state index contributed by atoms with van der Waals surface area (Å²) in [5.74, 6) is 0. The van der Waals surface area contributed by atoms with E-state index < -0.39 is 19.9 Å². The molecule has 0 aliphatic carbocycles. The Morgan fingerprint density at radius 2 is 1.47 bits per heavy atom. The molecule has 0 spiro atoms. The highest BCUT2D eigenvalue weighted by Crippen LogP contribution is 2.28. The minimum Gasteiger partial charge on any atom is -0.332 e. The van der Waals surface area contributed by atoms with Gasteiger partial charge in [0.1, 0.15) is 0 Å². The van der Waals surface area contributed by atoms with Crippen molar-refractivity contribution in [1.29, 1.82) is 0 Å². The summed E-state index contributed by atoms with van der Waals surface area (Å²) in [5.41, 5.74) is 2.26. The minimum absolute atomic E-state index is 0.257. The summed E-state index contributed by atoms with van der Waals surface area (Å²) in [6.07, 6.45) is 1.17. The van der Waals surface area contributed by atoms with Crippen LogP contribution in [0.5, 0.6) is 0 Å². The quantitative estimate of drug-likeness (QED) is 0.540. The highest BCUT2D eigenvalue weighted by atomic mass is 32.2. The number of hydrogen-bond donors (Lipinski definition) is 1. The zero-order valence-corrected chi connectivity index (χ0v) is 19.3. The van der Waals surface area contributed by atoms with Crippen LogP contribution in [0.3, 0.4) is 0 Å². The van der Waals surface area contributed by atoms with E-state index in [-0.39, 0.29) is 9.79 Å². The van der Waals surface area contributed by atoms with Crippen molar-refractivity contribution in [2.24, 2.45) is 0 Å². The molecule has 30 heavy (non-hydrogen) atoms. The Bertz CT molecular complexity index is 1210. The first kappa shape index (κ1) is 22.4. The molecule has 1 N–H and O–H groups in total. The molecule has 0 saturated heterocycles. The molecule has 1 aromatic heterocycles. The van der Waals surface area contributed by atoms with Crippen molar-refractivity contribution in [1.82, 2.24) is 9.29 Å². The molecule has 0 bridgehead atoms. The van der Waals surface area contributed by atoms with Gasteiger partial charge in [0.25, 0.3) is 0 Å². The van der Waals surface area contributed by atoms with Gasteiger partial charge in [0.2, 0.25) is 10.0 Å². The summed E-state index contributed by atoms with van der Waals surface area (Å²) in [6.45, 7) is 4.47. The third-order valence-corrected chi connectivity index (χ3v) is 8.48.